The predicted molar refractivity (Wildman–Crippen MR) is 73.5 cm³/mol. The summed E-state index contributed by atoms with van der Waals surface area (Å²) in [5, 5.41) is 10.3. The SMILES string of the molecule is CCCc1ccc(C(O)c2cccnc2)cc1C. The number of aryl methyl sites for hydroxylation is 2. The number of pyridine rings is 1. The molecular formula is C16H19NO. The van der Waals surface area contributed by atoms with E-state index in [2.05, 4.69) is 31.0 Å². The molecule has 1 N–H and O–H groups in total. The van der Waals surface area contributed by atoms with Crippen LogP contribution >= 0.6 is 0 Å². The van der Waals surface area contributed by atoms with E-state index in [1.807, 2.05) is 18.2 Å². The highest BCUT2D eigenvalue weighted by molar-refractivity contribution is 5.35. The van der Waals surface area contributed by atoms with Crippen molar-refractivity contribution in [3.05, 3.63) is 65.0 Å². The Morgan fingerprint density at radius 1 is 1.22 bits per heavy atom. The summed E-state index contributed by atoms with van der Waals surface area (Å²) in [5.41, 5.74) is 4.37. The number of aliphatic hydroxyl groups excluding tert-OH is 1. The Morgan fingerprint density at radius 3 is 2.67 bits per heavy atom. The molecule has 0 aliphatic carbocycles. The van der Waals surface area contributed by atoms with Gasteiger partial charge in [-0.05, 0) is 36.1 Å². The molecule has 18 heavy (non-hydrogen) atoms. The van der Waals surface area contributed by atoms with Gasteiger partial charge in [-0.3, -0.25) is 4.98 Å². The van der Waals surface area contributed by atoms with Crippen LogP contribution in [-0.2, 0) is 6.42 Å². The van der Waals surface area contributed by atoms with Crippen LogP contribution < -0.4 is 0 Å². The first kappa shape index (κ1) is 12.8. The van der Waals surface area contributed by atoms with E-state index in [4.69, 9.17) is 0 Å². The number of rotatable bonds is 4. The third kappa shape index (κ3) is 2.77. The van der Waals surface area contributed by atoms with Crippen LogP contribution in [0.1, 0.15) is 41.7 Å². The van der Waals surface area contributed by atoms with Gasteiger partial charge in [0.25, 0.3) is 0 Å². The molecule has 0 aliphatic rings. The molecule has 1 aromatic heterocycles. The smallest absolute Gasteiger partial charge is 0.106 e. The monoisotopic (exact) mass is 241 g/mol. The van der Waals surface area contributed by atoms with E-state index in [0.29, 0.717) is 0 Å². The first-order chi connectivity index (χ1) is 8.72. The molecule has 0 fully saturated rings. The number of nitrogens with zero attached hydrogens (tertiary/aromatic N) is 1. The number of hydrogen-bond acceptors (Lipinski definition) is 2. The van der Waals surface area contributed by atoms with Gasteiger partial charge in [0.15, 0.2) is 0 Å². The van der Waals surface area contributed by atoms with Crippen LogP contribution in [0.4, 0.5) is 0 Å². The number of benzene rings is 1. The Hall–Kier alpha value is -1.67. The van der Waals surface area contributed by atoms with Gasteiger partial charge in [-0.2, -0.15) is 0 Å². The third-order valence-electron chi connectivity index (χ3n) is 3.20. The van der Waals surface area contributed by atoms with Crippen molar-refractivity contribution in [1.29, 1.82) is 0 Å². The van der Waals surface area contributed by atoms with Gasteiger partial charge in [0.05, 0.1) is 0 Å². The lowest BCUT2D eigenvalue weighted by Crippen LogP contribution is -2.01. The molecule has 2 heteroatoms. The van der Waals surface area contributed by atoms with Crippen LogP contribution in [0.15, 0.2) is 42.7 Å². The van der Waals surface area contributed by atoms with Crippen LogP contribution in [0, 0.1) is 6.92 Å². The topological polar surface area (TPSA) is 33.1 Å². The Bertz CT molecular complexity index is 508. The van der Waals surface area contributed by atoms with Gasteiger partial charge in [-0.1, -0.05) is 37.6 Å². The molecule has 0 radical (unpaired) electrons. The van der Waals surface area contributed by atoms with Crippen LogP contribution in [-0.4, -0.2) is 10.1 Å². The summed E-state index contributed by atoms with van der Waals surface area (Å²) in [5.74, 6) is 0. The molecule has 2 nitrogen and oxygen atoms in total. The molecule has 1 heterocycles. The minimum atomic E-state index is -0.590. The second kappa shape index (κ2) is 5.78. The van der Waals surface area contributed by atoms with Crippen LogP contribution in [0.25, 0.3) is 0 Å². The Morgan fingerprint density at radius 2 is 2.06 bits per heavy atom. The highest BCUT2D eigenvalue weighted by atomic mass is 16.3. The summed E-state index contributed by atoms with van der Waals surface area (Å²) < 4.78 is 0. The fourth-order valence-electron chi connectivity index (χ4n) is 2.17. The zero-order valence-electron chi connectivity index (χ0n) is 10.9. The average molecular weight is 241 g/mol. The van der Waals surface area contributed by atoms with Crippen molar-refractivity contribution < 1.29 is 5.11 Å². The van der Waals surface area contributed by atoms with Crippen molar-refractivity contribution in [3.8, 4) is 0 Å². The van der Waals surface area contributed by atoms with Crippen molar-refractivity contribution in [1.82, 2.24) is 4.98 Å². The maximum atomic E-state index is 10.3. The highest BCUT2D eigenvalue weighted by Gasteiger charge is 2.11. The number of aliphatic hydroxyl groups is 1. The summed E-state index contributed by atoms with van der Waals surface area (Å²) in [6.07, 6.45) is 5.07. The largest absolute Gasteiger partial charge is 0.384 e. The van der Waals surface area contributed by atoms with Gasteiger partial charge in [0.1, 0.15) is 6.10 Å². The van der Waals surface area contributed by atoms with Gasteiger partial charge < -0.3 is 5.11 Å². The lowest BCUT2D eigenvalue weighted by Gasteiger charge is -2.13. The Kier molecular flexibility index (Phi) is 4.11. The Balaban J connectivity index is 2.26. The minimum Gasteiger partial charge on any atom is -0.384 e. The average Bonchev–Trinajstić information content (AvgIpc) is 2.41. The third-order valence-corrected chi connectivity index (χ3v) is 3.20. The Labute approximate surface area is 108 Å². The first-order valence-corrected chi connectivity index (χ1v) is 6.39. The van der Waals surface area contributed by atoms with Gasteiger partial charge in [0.2, 0.25) is 0 Å². The van der Waals surface area contributed by atoms with Crippen molar-refractivity contribution in [2.24, 2.45) is 0 Å². The second-order valence-corrected chi connectivity index (χ2v) is 4.62. The zero-order chi connectivity index (χ0) is 13.0. The van der Waals surface area contributed by atoms with Crippen molar-refractivity contribution >= 4 is 0 Å². The lowest BCUT2D eigenvalue weighted by atomic mass is 9.97. The van der Waals surface area contributed by atoms with E-state index in [0.717, 1.165) is 24.0 Å². The van der Waals surface area contributed by atoms with Gasteiger partial charge in [-0.15, -0.1) is 0 Å². The van der Waals surface area contributed by atoms with Crippen LogP contribution in [0.2, 0.25) is 0 Å². The molecule has 0 amide bonds. The molecule has 1 atom stereocenters. The molecular weight excluding hydrogens is 222 g/mol. The normalized spacial score (nSPS) is 12.4. The van der Waals surface area contributed by atoms with Crippen molar-refractivity contribution in [3.63, 3.8) is 0 Å². The van der Waals surface area contributed by atoms with E-state index in [1.165, 1.54) is 11.1 Å². The second-order valence-electron chi connectivity index (χ2n) is 4.62. The molecule has 1 aromatic carbocycles. The molecule has 1 unspecified atom stereocenters. The first-order valence-electron chi connectivity index (χ1n) is 6.39. The summed E-state index contributed by atoms with van der Waals surface area (Å²) >= 11 is 0. The molecule has 0 saturated heterocycles. The highest BCUT2D eigenvalue weighted by Crippen LogP contribution is 2.23. The van der Waals surface area contributed by atoms with Crippen molar-refractivity contribution in [2.45, 2.75) is 32.8 Å². The maximum Gasteiger partial charge on any atom is 0.106 e. The quantitative estimate of drug-likeness (QED) is 0.889. The van der Waals surface area contributed by atoms with Crippen molar-refractivity contribution in [2.75, 3.05) is 0 Å². The fraction of sp³-hybridized carbons (Fsp3) is 0.312. The molecule has 94 valence electrons. The fourth-order valence-corrected chi connectivity index (χ4v) is 2.17. The maximum absolute atomic E-state index is 10.3. The summed E-state index contributed by atoms with van der Waals surface area (Å²) in [7, 11) is 0. The summed E-state index contributed by atoms with van der Waals surface area (Å²) in [4.78, 5) is 4.04. The van der Waals surface area contributed by atoms with Crippen LogP contribution in [0.5, 0.6) is 0 Å². The molecule has 0 spiro atoms. The molecule has 0 aliphatic heterocycles. The van der Waals surface area contributed by atoms with Gasteiger partial charge in [-0.25, -0.2) is 0 Å². The van der Waals surface area contributed by atoms with E-state index in [-0.39, 0.29) is 0 Å². The van der Waals surface area contributed by atoms with Gasteiger partial charge in [0, 0.05) is 18.0 Å². The van der Waals surface area contributed by atoms with E-state index in [9.17, 15) is 5.11 Å². The number of hydrogen-bond donors (Lipinski definition) is 1. The molecule has 2 aromatic rings. The standard InChI is InChI=1S/C16H19NO/c1-3-5-13-7-8-14(10-12(13)2)16(18)15-6-4-9-17-11-15/h4,6-11,16,18H,3,5H2,1-2H3. The van der Waals surface area contributed by atoms with E-state index >= 15 is 0 Å². The zero-order valence-corrected chi connectivity index (χ0v) is 10.9. The summed E-state index contributed by atoms with van der Waals surface area (Å²) in [6, 6.07) is 9.94. The predicted octanol–water partition coefficient (Wildman–Crippen LogP) is 3.42. The molecule has 0 saturated carbocycles. The number of aromatic nitrogens is 1. The molecule has 2 rings (SSSR count). The minimum absolute atomic E-state index is 0.590. The lowest BCUT2D eigenvalue weighted by molar-refractivity contribution is 0.220. The van der Waals surface area contributed by atoms with Gasteiger partial charge >= 0.3 is 0 Å². The van der Waals surface area contributed by atoms with E-state index < -0.39 is 6.10 Å². The molecule has 0 bridgehead atoms. The van der Waals surface area contributed by atoms with E-state index in [1.54, 1.807) is 12.4 Å². The van der Waals surface area contributed by atoms with Crippen LogP contribution in [0.3, 0.4) is 0 Å². The summed E-state index contributed by atoms with van der Waals surface area (Å²) in [6.45, 7) is 4.28.